The van der Waals surface area contributed by atoms with Crippen molar-refractivity contribution >= 4 is 28.4 Å². The van der Waals surface area contributed by atoms with E-state index in [0.717, 1.165) is 37.0 Å². The number of fused-ring (bicyclic) bond motifs is 1. The Hall–Kier alpha value is -2.47. The first-order valence-electron chi connectivity index (χ1n) is 9.55. The first kappa shape index (κ1) is 19.3. The van der Waals surface area contributed by atoms with Gasteiger partial charge in [-0.1, -0.05) is 19.9 Å². The van der Waals surface area contributed by atoms with E-state index in [0.29, 0.717) is 16.8 Å². The number of amides is 2. The lowest BCUT2D eigenvalue weighted by atomic mass is 10.0. The summed E-state index contributed by atoms with van der Waals surface area (Å²) in [6.45, 7) is 7.56. The SMILES string of the molecule is Cc1ccc2c(C(=O)NC3CCN(C)CC3)cc(NC(=O)C(C)C)cc2n1. The maximum absolute atomic E-state index is 13.0. The number of aromatic nitrogens is 1. The second-order valence-corrected chi connectivity index (χ2v) is 7.74. The van der Waals surface area contributed by atoms with Gasteiger partial charge in [0.25, 0.3) is 5.91 Å². The quantitative estimate of drug-likeness (QED) is 0.870. The summed E-state index contributed by atoms with van der Waals surface area (Å²) in [5.41, 5.74) is 2.74. The number of hydrogen-bond donors (Lipinski definition) is 2. The normalized spacial score (nSPS) is 15.9. The molecule has 0 unspecified atom stereocenters. The second-order valence-electron chi connectivity index (χ2n) is 7.74. The molecule has 1 fully saturated rings. The molecule has 2 heterocycles. The molecule has 0 spiro atoms. The fourth-order valence-electron chi connectivity index (χ4n) is 3.30. The van der Waals surface area contributed by atoms with Gasteiger partial charge in [-0.25, -0.2) is 0 Å². The van der Waals surface area contributed by atoms with E-state index in [1.165, 1.54) is 0 Å². The monoisotopic (exact) mass is 368 g/mol. The van der Waals surface area contributed by atoms with E-state index < -0.39 is 0 Å². The molecule has 1 aromatic heterocycles. The first-order chi connectivity index (χ1) is 12.8. The van der Waals surface area contributed by atoms with Crippen molar-refractivity contribution in [2.75, 3.05) is 25.5 Å². The highest BCUT2D eigenvalue weighted by Crippen LogP contribution is 2.24. The minimum Gasteiger partial charge on any atom is -0.349 e. The molecule has 6 nitrogen and oxygen atoms in total. The third-order valence-electron chi connectivity index (χ3n) is 5.04. The third-order valence-corrected chi connectivity index (χ3v) is 5.04. The molecule has 1 aliphatic heterocycles. The summed E-state index contributed by atoms with van der Waals surface area (Å²) >= 11 is 0. The summed E-state index contributed by atoms with van der Waals surface area (Å²) in [6.07, 6.45) is 1.89. The smallest absolute Gasteiger partial charge is 0.252 e. The lowest BCUT2D eigenvalue weighted by molar-refractivity contribution is -0.118. The van der Waals surface area contributed by atoms with Gasteiger partial charge in [-0.3, -0.25) is 14.6 Å². The second kappa shape index (κ2) is 8.05. The fourth-order valence-corrected chi connectivity index (χ4v) is 3.30. The Morgan fingerprint density at radius 2 is 1.89 bits per heavy atom. The number of hydrogen-bond acceptors (Lipinski definition) is 4. The number of carbonyl (C=O) groups is 2. The number of benzene rings is 1. The van der Waals surface area contributed by atoms with Crippen molar-refractivity contribution in [3.8, 4) is 0 Å². The Morgan fingerprint density at radius 1 is 1.19 bits per heavy atom. The Labute approximate surface area is 160 Å². The summed E-state index contributed by atoms with van der Waals surface area (Å²) in [5.74, 6) is -0.327. The Balaban J connectivity index is 1.91. The lowest BCUT2D eigenvalue weighted by Crippen LogP contribution is -2.43. The van der Waals surface area contributed by atoms with Crippen molar-refractivity contribution in [3.05, 3.63) is 35.5 Å². The topological polar surface area (TPSA) is 74.3 Å². The van der Waals surface area contributed by atoms with Crippen LogP contribution in [0.2, 0.25) is 0 Å². The summed E-state index contributed by atoms with van der Waals surface area (Å²) in [4.78, 5) is 31.9. The van der Waals surface area contributed by atoms with Gasteiger partial charge >= 0.3 is 0 Å². The molecule has 6 heteroatoms. The maximum atomic E-state index is 13.0. The van der Waals surface area contributed by atoms with Crippen LogP contribution in [0.15, 0.2) is 24.3 Å². The number of piperidine rings is 1. The summed E-state index contributed by atoms with van der Waals surface area (Å²) in [5, 5.41) is 6.85. The standard InChI is InChI=1S/C21H28N4O2/c1-13(2)20(26)24-16-11-18(17-6-5-14(3)22-19(17)12-16)21(27)23-15-7-9-25(4)10-8-15/h5-6,11-13,15H,7-10H2,1-4H3,(H,23,27)(H,24,26). The van der Waals surface area contributed by atoms with Crippen LogP contribution >= 0.6 is 0 Å². The van der Waals surface area contributed by atoms with Crippen LogP contribution in [0.25, 0.3) is 10.9 Å². The van der Waals surface area contributed by atoms with Gasteiger partial charge in [0.05, 0.1) is 11.1 Å². The Bertz CT molecular complexity index is 855. The maximum Gasteiger partial charge on any atom is 0.252 e. The zero-order chi connectivity index (χ0) is 19.6. The predicted octanol–water partition coefficient (Wildman–Crippen LogP) is 2.96. The zero-order valence-corrected chi connectivity index (χ0v) is 16.5. The largest absolute Gasteiger partial charge is 0.349 e. The number of nitrogens with zero attached hydrogens (tertiary/aromatic N) is 2. The van der Waals surface area contributed by atoms with E-state index >= 15 is 0 Å². The molecular weight excluding hydrogens is 340 g/mol. The number of rotatable bonds is 4. The van der Waals surface area contributed by atoms with Gasteiger partial charge in [-0.15, -0.1) is 0 Å². The minimum atomic E-state index is -0.136. The number of likely N-dealkylation sites (tertiary alicyclic amines) is 1. The fraction of sp³-hybridized carbons (Fsp3) is 0.476. The van der Waals surface area contributed by atoms with E-state index in [4.69, 9.17) is 0 Å². The number of pyridine rings is 1. The van der Waals surface area contributed by atoms with Crippen LogP contribution in [0.1, 0.15) is 42.7 Å². The van der Waals surface area contributed by atoms with E-state index in [1.807, 2.05) is 39.0 Å². The van der Waals surface area contributed by atoms with Gasteiger partial charge in [0.1, 0.15) is 0 Å². The summed E-state index contributed by atoms with van der Waals surface area (Å²) < 4.78 is 0. The van der Waals surface area contributed by atoms with E-state index in [9.17, 15) is 9.59 Å². The summed E-state index contributed by atoms with van der Waals surface area (Å²) in [7, 11) is 2.10. The van der Waals surface area contributed by atoms with Gasteiger partial charge in [0, 0.05) is 28.7 Å². The molecule has 2 amide bonds. The lowest BCUT2D eigenvalue weighted by Gasteiger charge is -2.29. The average Bonchev–Trinajstić information content (AvgIpc) is 2.62. The van der Waals surface area contributed by atoms with Crippen LogP contribution in [0, 0.1) is 12.8 Å². The van der Waals surface area contributed by atoms with Crippen molar-refractivity contribution in [2.45, 2.75) is 39.7 Å². The predicted molar refractivity (Wildman–Crippen MR) is 108 cm³/mol. The molecule has 0 bridgehead atoms. The van der Waals surface area contributed by atoms with Crippen LogP contribution in [0.3, 0.4) is 0 Å². The highest BCUT2D eigenvalue weighted by molar-refractivity contribution is 6.08. The molecular formula is C21H28N4O2. The number of carbonyl (C=O) groups excluding carboxylic acids is 2. The number of aryl methyl sites for hydroxylation is 1. The number of anilines is 1. The van der Waals surface area contributed by atoms with E-state index in [1.54, 1.807) is 6.07 Å². The highest BCUT2D eigenvalue weighted by Gasteiger charge is 2.21. The van der Waals surface area contributed by atoms with Gasteiger partial charge in [0.15, 0.2) is 0 Å². The van der Waals surface area contributed by atoms with E-state index in [2.05, 4.69) is 27.6 Å². The van der Waals surface area contributed by atoms with Crippen molar-refractivity contribution in [1.29, 1.82) is 0 Å². The van der Waals surface area contributed by atoms with Crippen LogP contribution in [-0.4, -0.2) is 47.9 Å². The van der Waals surface area contributed by atoms with E-state index in [-0.39, 0.29) is 23.8 Å². The van der Waals surface area contributed by atoms with Crippen LogP contribution < -0.4 is 10.6 Å². The molecule has 27 heavy (non-hydrogen) atoms. The molecule has 0 aliphatic carbocycles. The molecule has 2 aromatic rings. The van der Waals surface area contributed by atoms with Gasteiger partial charge in [-0.2, -0.15) is 0 Å². The van der Waals surface area contributed by atoms with Crippen molar-refractivity contribution < 1.29 is 9.59 Å². The molecule has 0 saturated carbocycles. The molecule has 3 rings (SSSR count). The van der Waals surface area contributed by atoms with Crippen molar-refractivity contribution in [2.24, 2.45) is 5.92 Å². The van der Waals surface area contributed by atoms with Crippen LogP contribution in [0.5, 0.6) is 0 Å². The minimum absolute atomic E-state index is 0.0799. The highest BCUT2D eigenvalue weighted by atomic mass is 16.2. The average molecular weight is 368 g/mol. The molecule has 1 saturated heterocycles. The van der Waals surface area contributed by atoms with Gasteiger partial charge in [0.2, 0.25) is 5.91 Å². The van der Waals surface area contributed by atoms with Crippen molar-refractivity contribution in [1.82, 2.24) is 15.2 Å². The molecule has 0 atom stereocenters. The first-order valence-corrected chi connectivity index (χ1v) is 9.55. The molecule has 1 aromatic carbocycles. The van der Waals surface area contributed by atoms with Gasteiger partial charge in [-0.05, 0) is 58.1 Å². The Kier molecular flexibility index (Phi) is 5.75. The van der Waals surface area contributed by atoms with Crippen LogP contribution in [-0.2, 0) is 4.79 Å². The summed E-state index contributed by atoms with van der Waals surface area (Å²) in [6, 6.07) is 7.59. The van der Waals surface area contributed by atoms with Gasteiger partial charge < -0.3 is 15.5 Å². The van der Waals surface area contributed by atoms with Crippen molar-refractivity contribution in [3.63, 3.8) is 0 Å². The van der Waals surface area contributed by atoms with Crippen LogP contribution in [0.4, 0.5) is 5.69 Å². The molecule has 0 radical (unpaired) electrons. The Morgan fingerprint density at radius 3 is 2.56 bits per heavy atom. The number of nitrogens with one attached hydrogen (secondary N) is 2. The molecule has 2 N–H and O–H groups in total. The zero-order valence-electron chi connectivity index (χ0n) is 16.5. The molecule has 1 aliphatic rings. The molecule has 144 valence electrons. The third kappa shape index (κ3) is 4.63.